The van der Waals surface area contributed by atoms with Crippen molar-refractivity contribution in [3.05, 3.63) is 68.3 Å². The summed E-state index contributed by atoms with van der Waals surface area (Å²) in [6, 6.07) is 8.46. The van der Waals surface area contributed by atoms with Gasteiger partial charge in [0, 0.05) is 43.1 Å². The average Bonchev–Trinajstić information content (AvgIpc) is 2.67. The molecule has 7 nitrogen and oxygen atoms in total. The van der Waals surface area contributed by atoms with Crippen molar-refractivity contribution in [2.75, 3.05) is 13.1 Å². The number of amides is 1. The summed E-state index contributed by atoms with van der Waals surface area (Å²) in [5.41, 5.74) is 2.70. The number of ether oxygens (including phenoxy) is 1. The molecular weight excluding hydrogens is 384 g/mol. The van der Waals surface area contributed by atoms with E-state index in [0.717, 1.165) is 11.1 Å². The molecule has 156 valence electrons. The average molecular weight is 408 g/mol. The van der Waals surface area contributed by atoms with Crippen LogP contribution in [-0.2, 0) is 0 Å². The molecule has 0 saturated carbocycles. The van der Waals surface area contributed by atoms with Crippen molar-refractivity contribution in [3.8, 4) is 5.75 Å². The second-order valence-electron chi connectivity index (χ2n) is 8.34. The number of nitro groups is 1. The minimum absolute atomic E-state index is 0.0575. The molecule has 1 saturated heterocycles. The lowest BCUT2D eigenvalue weighted by molar-refractivity contribution is -0.385. The zero-order valence-electron chi connectivity index (χ0n) is 17.4. The molecule has 30 heavy (non-hydrogen) atoms. The third-order valence-electron chi connectivity index (χ3n) is 6.23. The minimum Gasteiger partial charge on any atom is -0.486 e. The predicted molar refractivity (Wildman–Crippen MR) is 111 cm³/mol. The monoisotopic (exact) mass is 408 g/mol. The maximum Gasteiger partial charge on any atom is 0.273 e. The van der Waals surface area contributed by atoms with Crippen LogP contribution in [0.5, 0.6) is 5.75 Å². The van der Waals surface area contributed by atoms with Crippen molar-refractivity contribution in [2.24, 2.45) is 0 Å². The molecule has 0 unspecified atom stereocenters. The van der Waals surface area contributed by atoms with Gasteiger partial charge >= 0.3 is 0 Å². The number of hydrogen-bond donors (Lipinski definition) is 0. The van der Waals surface area contributed by atoms with Crippen LogP contribution in [0, 0.1) is 30.9 Å². The molecule has 7 heteroatoms. The summed E-state index contributed by atoms with van der Waals surface area (Å²) < 4.78 is 6.35. The van der Waals surface area contributed by atoms with Gasteiger partial charge in [-0.3, -0.25) is 19.7 Å². The Bertz CT molecular complexity index is 1070. The molecule has 2 aliphatic rings. The molecular formula is C23H24N2O5. The first-order valence-corrected chi connectivity index (χ1v) is 10.1. The van der Waals surface area contributed by atoms with Gasteiger partial charge in [-0.1, -0.05) is 12.1 Å². The Morgan fingerprint density at radius 1 is 1.17 bits per heavy atom. The largest absolute Gasteiger partial charge is 0.486 e. The van der Waals surface area contributed by atoms with Crippen LogP contribution >= 0.6 is 0 Å². The number of fused-ring (bicyclic) bond motifs is 1. The summed E-state index contributed by atoms with van der Waals surface area (Å²) in [7, 11) is 0. The van der Waals surface area contributed by atoms with Gasteiger partial charge in [-0.15, -0.1) is 0 Å². The van der Waals surface area contributed by atoms with Gasteiger partial charge in [-0.2, -0.15) is 0 Å². The van der Waals surface area contributed by atoms with Gasteiger partial charge in [-0.05, 0) is 44.0 Å². The number of benzene rings is 2. The minimum atomic E-state index is -0.598. The molecule has 0 radical (unpaired) electrons. The van der Waals surface area contributed by atoms with E-state index in [2.05, 4.69) is 0 Å². The quantitative estimate of drug-likeness (QED) is 0.550. The Morgan fingerprint density at radius 2 is 1.87 bits per heavy atom. The zero-order valence-corrected chi connectivity index (χ0v) is 17.4. The van der Waals surface area contributed by atoms with E-state index in [1.54, 1.807) is 17.9 Å². The highest BCUT2D eigenvalue weighted by Gasteiger charge is 2.44. The lowest BCUT2D eigenvalue weighted by Crippen LogP contribution is -2.52. The van der Waals surface area contributed by atoms with Crippen LogP contribution in [0.25, 0.3) is 0 Å². The topological polar surface area (TPSA) is 89.8 Å². The first kappa shape index (κ1) is 20.1. The molecule has 2 aromatic carbocycles. The van der Waals surface area contributed by atoms with E-state index >= 15 is 0 Å². The summed E-state index contributed by atoms with van der Waals surface area (Å²) in [6.45, 7) is 6.38. The van der Waals surface area contributed by atoms with Gasteiger partial charge < -0.3 is 9.64 Å². The number of aryl methyl sites for hydroxylation is 2. The molecule has 2 aromatic rings. The normalized spacial score (nSPS) is 17.4. The molecule has 0 N–H and O–H groups in total. The number of nitrogens with zero attached hydrogens (tertiary/aromatic N) is 2. The van der Waals surface area contributed by atoms with Crippen LogP contribution in [-0.4, -0.2) is 40.2 Å². The second kappa shape index (κ2) is 7.23. The van der Waals surface area contributed by atoms with Crippen LogP contribution in [0.3, 0.4) is 0 Å². The lowest BCUT2D eigenvalue weighted by Gasteiger charge is -2.44. The third kappa shape index (κ3) is 3.34. The van der Waals surface area contributed by atoms with Crippen molar-refractivity contribution < 1.29 is 19.2 Å². The Morgan fingerprint density at radius 3 is 2.53 bits per heavy atom. The van der Waals surface area contributed by atoms with Crippen molar-refractivity contribution in [1.29, 1.82) is 0 Å². The van der Waals surface area contributed by atoms with Gasteiger partial charge in [0.25, 0.3) is 11.6 Å². The number of carbonyl (C=O) groups is 2. The highest BCUT2D eigenvalue weighted by Crippen LogP contribution is 2.41. The van der Waals surface area contributed by atoms with Gasteiger partial charge in [0.05, 0.1) is 16.9 Å². The fraction of sp³-hybridized carbons (Fsp3) is 0.391. The highest BCUT2D eigenvalue weighted by molar-refractivity contribution is 6.02. The van der Waals surface area contributed by atoms with Gasteiger partial charge in [0.1, 0.15) is 11.4 Å². The Kier molecular flexibility index (Phi) is 4.84. The van der Waals surface area contributed by atoms with E-state index in [9.17, 15) is 19.7 Å². The summed E-state index contributed by atoms with van der Waals surface area (Å²) in [5, 5.41) is 11.2. The Labute approximate surface area is 174 Å². The summed E-state index contributed by atoms with van der Waals surface area (Å²) in [5.74, 6) is 0.501. The summed E-state index contributed by atoms with van der Waals surface area (Å²) in [6.07, 6.45) is 1.40. The van der Waals surface area contributed by atoms with Crippen LogP contribution < -0.4 is 4.74 Å². The van der Waals surface area contributed by atoms with Gasteiger partial charge in [0.2, 0.25) is 0 Å². The molecule has 1 fully saturated rings. The second-order valence-corrected chi connectivity index (χ2v) is 8.34. The van der Waals surface area contributed by atoms with Crippen LogP contribution in [0.4, 0.5) is 5.69 Å². The van der Waals surface area contributed by atoms with Gasteiger partial charge in [0.15, 0.2) is 5.78 Å². The number of Topliss-reactive ketones (excluding diaryl/α,β-unsaturated/α-hetero) is 1. The van der Waals surface area contributed by atoms with Crippen LogP contribution in [0.15, 0.2) is 30.3 Å². The van der Waals surface area contributed by atoms with E-state index in [0.29, 0.717) is 54.8 Å². The van der Waals surface area contributed by atoms with Crippen molar-refractivity contribution >= 4 is 17.4 Å². The van der Waals surface area contributed by atoms with E-state index in [-0.39, 0.29) is 17.4 Å². The molecule has 0 atom stereocenters. The number of nitro benzene ring substituents is 1. The zero-order chi connectivity index (χ0) is 21.6. The molecule has 0 aliphatic carbocycles. The van der Waals surface area contributed by atoms with Crippen LogP contribution in [0.2, 0.25) is 0 Å². The third-order valence-corrected chi connectivity index (χ3v) is 6.23. The predicted octanol–water partition coefficient (Wildman–Crippen LogP) is 4.16. The number of ketones is 1. The summed E-state index contributed by atoms with van der Waals surface area (Å²) in [4.78, 5) is 38.3. The number of rotatable bonds is 2. The maximum absolute atomic E-state index is 13.0. The van der Waals surface area contributed by atoms with Crippen molar-refractivity contribution in [2.45, 2.75) is 45.6 Å². The van der Waals surface area contributed by atoms with Crippen LogP contribution in [0.1, 0.15) is 56.7 Å². The molecule has 0 aromatic heterocycles. The maximum atomic E-state index is 13.0. The fourth-order valence-corrected chi connectivity index (χ4v) is 4.64. The Hall–Kier alpha value is -3.22. The lowest BCUT2D eigenvalue weighted by atomic mass is 9.81. The molecule has 2 heterocycles. The SMILES string of the molecule is Cc1cc(C)c2c(c1)OC1(CCN(C(=O)c3cccc([N+](=O)[O-])c3C)CC1)CC2=O. The van der Waals surface area contributed by atoms with E-state index in [1.807, 2.05) is 26.0 Å². The molecule has 2 aliphatic heterocycles. The fourth-order valence-electron chi connectivity index (χ4n) is 4.64. The molecule has 4 rings (SSSR count). The molecule has 1 amide bonds. The van der Waals surface area contributed by atoms with E-state index < -0.39 is 10.5 Å². The first-order chi connectivity index (χ1) is 14.2. The Balaban J connectivity index is 1.53. The smallest absolute Gasteiger partial charge is 0.273 e. The standard InChI is InChI=1S/C23H24N2O5/c1-14-11-15(2)21-19(26)13-23(30-20(21)12-14)7-9-24(10-8-23)22(27)17-5-4-6-18(16(17)3)25(28)29/h4-6,11-12H,7-10,13H2,1-3H3. The molecule has 0 bridgehead atoms. The number of hydrogen-bond acceptors (Lipinski definition) is 5. The molecule has 1 spiro atoms. The highest BCUT2D eigenvalue weighted by atomic mass is 16.6. The number of piperidine rings is 1. The van der Waals surface area contributed by atoms with E-state index in [4.69, 9.17) is 4.74 Å². The van der Waals surface area contributed by atoms with Crippen molar-refractivity contribution in [1.82, 2.24) is 4.90 Å². The van der Waals surface area contributed by atoms with Crippen molar-refractivity contribution in [3.63, 3.8) is 0 Å². The number of carbonyl (C=O) groups excluding carboxylic acids is 2. The summed E-state index contributed by atoms with van der Waals surface area (Å²) >= 11 is 0. The first-order valence-electron chi connectivity index (χ1n) is 10.1. The van der Waals surface area contributed by atoms with Gasteiger partial charge in [-0.25, -0.2) is 0 Å². The number of likely N-dealkylation sites (tertiary alicyclic amines) is 1. The van der Waals surface area contributed by atoms with E-state index in [1.165, 1.54) is 12.1 Å².